The molecule has 1 heterocycles. The number of nitrogens with zero attached hydrogens (tertiary/aromatic N) is 3. The van der Waals surface area contributed by atoms with Crippen LogP contribution in [-0.4, -0.2) is 21.6 Å². The largest absolute Gasteiger partial charge is 0.463 e. The molecule has 4 nitrogen and oxygen atoms in total. The summed E-state index contributed by atoms with van der Waals surface area (Å²) in [4.78, 5) is 11.8. The number of halogens is 3. The molecule has 0 radical (unpaired) electrons. The first-order valence-corrected chi connectivity index (χ1v) is 6.77. The van der Waals surface area contributed by atoms with Gasteiger partial charge in [0.1, 0.15) is 5.82 Å². The SMILES string of the molecule is CCCOc1nc(Cl)nc(-c2cc(Br)ccc2F)n1. The van der Waals surface area contributed by atoms with Crippen molar-refractivity contribution in [2.45, 2.75) is 13.3 Å². The third-order valence-corrected chi connectivity index (χ3v) is 2.85. The van der Waals surface area contributed by atoms with Crippen LogP contribution in [0.2, 0.25) is 5.28 Å². The van der Waals surface area contributed by atoms with Gasteiger partial charge in [-0.15, -0.1) is 0 Å². The Labute approximate surface area is 123 Å². The minimum Gasteiger partial charge on any atom is -0.463 e. The Kier molecular flexibility index (Phi) is 4.66. The molecule has 0 atom stereocenters. The molecular weight excluding hydrogens is 337 g/mol. The zero-order valence-corrected chi connectivity index (χ0v) is 12.4. The number of rotatable bonds is 4. The van der Waals surface area contributed by atoms with Crippen LogP contribution in [0.5, 0.6) is 6.01 Å². The minimum absolute atomic E-state index is 0.0320. The van der Waals surface area contributed by atoms with E-state index in [0.29, 0.717) is 6.61 Å². The van der Waals surface area contributed by atoms with E-state index in [4.69, 9.17) is 16.3 Å². The molecule has 0 unspecified atom stereocenters. The summed E-state index contributed by atoms with van der Waals surface area (Å²) < 4.78 is 19.8. The first kappa shape index (κ1) is 14.1. The molecule has 7 heteroatoms. The Bertz CT molecular complexity index is 597. The molecule has 0 aliphatic heterocycles. The second-order valence-electron chi connectivity index (χ2n) is 3.68. The predicted molar refractivity (Wildman–Crippen MR) is 73.7 cm³/mol. The first-order chi connectivity index (χ1) is 9.10. The highest BCUT2D eigenvalue weighted by Gasteiger charge is 2.12. The molecule has 2 rings (SSSR count). The van der Waals surface area contributed by atoms with Crippen molar-refractivity contribution in [3.8, 4) is 17.4 Å². The normalized spacial score (nSPS) is 10.5. The second-order valence-corrected chi connectivity index (χ2v) is 4.94. The summed E-state index contributed by atoms with van der Waals surface area (Å²) >= 11 is 9.07. The predicted octanol–water partition coefficient (Wildman–Crippen LogP) is 3.88. The highest BCUT2D eigenvalue weighted by molar-refractivity contribution is 9.10. The smallest absolute Gasteiger partial charge is 0.321 e. The Morgan fingerprint density at radius 1 is 1.32 bits per heavy atom. The zero-order valence-electron chi connectivity index (χ0n) is 10.0. The van der Waals surface area contributed by atoms with Gasteiger partial charge >= 0.3 is 6.01 Å². The lowest BCUT2D eigenvalue weighted by Crippen LogP contribution is -2.03. The van der Waals surface area contributed by atoms with Crippen LogP contribution in [0.25, 0.3) is 11.4 Å². The van der Waals surface area contributed by atoms with E-state index in [1.165, 1.54) is 6.07 Å². The Morgan fingerprint density at radius 2 is 2.11 bits per heavy atom. The van der Waals surface area contributed by atoms with Gasteiger partial charge in [0.15, 0.2) is 5.82 Å². The molecule has 0 aliphatic rings. The third kappa shape index (κ3) is 3.61. The number of hydrogen-bond donors (Lipinski definition) is 0. The van der Waals surface area contributed by atoms with Gasteiger partial charge in [-0.2, -0.15) is 15.0 Å². The second kappa shape index (κ2) is 6.25. The van der Waals surface area contributed by atoms with Crippen molar-refractivity contribution in [1.82, 2.24) is 15.0 Å². The number of ether oxygens (including phenoxy) is 1. The van der Waals surface area contributed by atoms with Crippen molar-refractivity contribution in [2.75, 3.05) is 6.61 Å². The van der Waals surface area contributed by atoms with Crippen molar-refractivity contribution >= 4 is 27.5 Å². The molecule has 19 heavy (non-hydrogen) atoms. The summed E-state index contributed by atoms with van der Waals surface area (Å²) in [6.45, 7) is 2.42. The van der Waals surface area contributed by atoms with E-state index in [-0.39, 0.29) is 22.7 Å². The fourth-order valence-corrected chi connectivity index (χ4v) is 1.89. The molecule has 0 N–H and O–H groups in total. The Balaban J connectivity index is 2.43. The third-order valence-electron chi connectivity index (χ3n) is 2.19. The standard InChI is InChI=1S/C12H10BrClFN3O/c1-2-5-19-12-17-10(16-11(14)18-12)8-6-7(13)3-4-9(8)15/h3-4,6H,2,5H2,1H3. The highest BCUT2D eigenvalue weighted by Crippen LogP contribution is 2.25. The minimum atomic E-state index is -0.438. The van der Waals surface area contributed by atoms with Crippen LogP contribution in [0.3, 0.4) is 0 Å². The fraction of sp³-hybridized carbons (Fsp3) is 0.250. The van der Waals surface area contributed by atoms with E-state index in [1.54, 1.807) is 12.1 Å². The molecule has 0 saturated carbocycles. The van der Waals surface area contributed by atoms with E-state index in [2.05, 4.69) is 30.9 Å². The maximum absolute atomic E-state index is 13.8. The van der Waals surface area contributed by atoms with Crippen molar-refractivity contribution in [3.05, 3.63) is 33.8 Å². The monoisotopic (exact) mass is 345 g/mol. The van der Waals surface area contributed by atoms with Crippen molar-refractivity contribution in [2.24, 2.45) is 0 Å². The lowest BCUT2D eigenvalue weighted by Gasteiger charge is -2.06. The van der Waals surface area contributed by atoms with Crippen molar-refractivity contribution in [1.29, 1.82) is 0 Å². The molecule has 1 aromatic heterocycles. The van der Waals surface area contributed by atoms with E-state index < -0.39 is 5.82 Å². The Morgan fingerprint density at radius 3 is 2.84 bits per heavy atom. The molecule has 2 aromatic rings. The molecule has 0 aliphatic carbocycles. The van der Waals surface area contributed by atoms with Gasteiger partial charge in [-0.25, -0.2) is 4.39 Å². The molecule has 100 valence electrons. The van der Waals surface area contributed by atoms with Gasteiger partial charge < -0.3 is 4.74 Å². The first-order valence-electron chi connectivity index (χ1n) is 5.60. The molecular formula is C12H10BrClFN3O. The number of hydrogen-bond acceptors (Lipinski definition) is 4. The van der Waals surface area contributed by atoms with E-state index in [9.17, 15) is 4.39 Å². The average molecular weight is 347 g/mol. The van der Waals surface area contributed by atoms with Gasteiger partial charge in [0.2, 0.25) is 5.28 Å². The van der Waals surface area contributed by atoms with Crippen LogP contribution in [0, 0.1) is 5.82 Å². The van der Waals surface area contributed by atoms with Crippen LogP contribution in [0.15, 0.2) is 22.7 Å². The molecule has 0 spiro atoms. The van der Waals surface area contributed by atoms with Crippen LogP contribution >= 0.6 is 27.5 Å². The summed E-state index contributed by atoms with van der Waals surface area (Å²) in [5.74, 6) is -0.295. The summed E-state index contributed by atoms with van der Waals surface area (Å²) in [5.41, 5.74) is 0.236. The molecule has 0 saturated heterocycles. The summed E-state index contributed by atoms with van der Waals surface area (Å²) in [6, 6.07) is 4.58. The maximum atomic E-state index is 13.8. The fourth-order valence-electron chi connectivity index (χ4n) is 1.38. The summed E-state index contributed by atoms with van der Waals surface area (Å²) in [6.07, 6.45) is 0.809. The topological polar surface area (TPSA) is 47.9 Å². The molecule has 0 bridgehead atoms. The van der Waals surface area contributed by atoms with E-state index in [0.717, 1.165) is 10.9 Å². The zero-order chi connectivity index (χ0) is 13.8. The highest BCUT2D eigenvalue weighted by atomic mass is 79.9. The van der Waals surface area contributed by atoms with Gasteiger partial charge in [-0.05, 0) is 36.2 Å². The molecule has 0 fully saturated rings. The summed E-state index contributed by atoms with van der Waals surface area (Å²) in [7, 11) is 0. The van der Waals surface area contributed by atoms with Gasteiger partial charge in [0.25, 0.3) is 0 Å². The lowest BCUT2D eigenvalue weighted by molar-refractivity contribution is 0.291. The van der Waals surface area contributed by atoms with Gasteiger partial charge in [0.05, 0.1) is 12.2 Å². The average Bonchev–Trinajstić information content (AvgIpc) is 2.38. The maximum Gasteiger partial charge on any atom is 0.321 e. The van der Waals surface area contributed by atoms with E-state index >= 15 is 0 Å². The van der Waals surface area contributed by atoms with E-state index in [1.807, 2.05) is 6.92 Å². The van der Waals surface area contributed by atoms with Gasteiger partial charge in [-0.3, -0.25) is 0 Å². The van der Waals surface area contributed by atoms with Crippen molar-refractivity contribution < 1.29 is 9.13 Å². The van der Waals surface area contributed by atoms with Gasteiger partial charge in [0, 0.05) is 4.47 Å². The molecule has 0 amide bonds. The molecule has 1 aromatic carbocycles. The number of aromatic nitrogens is 3. The van der Waals surface area contributed by atoms with Crippen LogP contribution < -0.4 is 4.74 Å². The van der Waals surface area contributed by atoms with Crippen molar-refractivity contribution in [3.63, 3.8) is 0 Å². The quantitative estimate of drug-likeness (QED) is 0.843. The van der Waals surface area contributed by atoms with Crippen LogP contribution in [0.1, 0.15) is 13.3 Å². The Hall–Kier alpha value is -1.27. The van der Waals surface area contributed by atoms with Crippen LogP contribution in [0.4, 0.5) is 4.39 Å². The van der Waals surface area contributed by atoms with Gasteiger partial charge in [-0.1, -0.05) is 22.9 Å². The number of benzene rings is 1. The lowest BCUT2D eigenvalue weighted by atomic mass is 10.2. The summed E-state index contributed by atoms with van der Waals surface area (Å²) in [5, 5.41) is -0.0320. The van der Waals surface area contributed by atoms with Crippen LogP contribution in [-0.2, 0) is 0 Å².